The third-order valence-corrected chi connectivity index (χ3v) is 4.15. The second kappa shape index (κ2) is 6.87. The lowest BCUT2D eigenvalue weighted by Gasteiger charge is -2.26. The van der Waals surface area contributed by atoms with Crippen molar-refractivity contribution < 1.29 is 4.79 Å². The number of anilines is 2. The lowest BCUT2D eigenvalue weighted by molar-refractivity contribution is 0.0718. The predicted octanol–water partition coefficient (Wildman–Crippen LogP) is 3.61. The maximum absolute atomic E-state index is 12.5. The Morgan fingerprint density at radius 2 is 1.82 bits per heavy atom. The van der Waals surface area contributed by atoms with Crippen molar-refractivity contribution in [3.05, 3.63) is 46.7 Å². The van der Waals surface area contributed by atoms with Gasteiger partial charge in [0.05, 0.1) is 0 Å². The number of rotatable bonds is 3. The molecule has 1 aromatic carbocycles. The maximum atomic E-state index is 12.5. The van der Waals surface area contributed by atoms with Gasteiger partial charge in [-0.3, -0.25) is 4.79 Å². The zero-order chi connectivity index (χ0) is 15.4. The molecule has 3 rings (SSSR count). The number of hydrogen-bond acceptors (Lipinski definition) is 4. The van der Waals surface area contributed by atoms with Gasteiger partial charge in [0.15, 0.2) is 0 Å². The van der Waals surface area contributed by atoms with Crippen LogP contribution in [0.1, 0.15) is 29.8 Å². The minimum absolute atomic E-state index is 0.0130. The van der Waals surface area contributed by atoms with Crippen molar-refractivity contribution in [3.8, 4) is 0 Å². The molecular weight excluding hydrogens is 344 g/mol. The Hall–Kier alpha value is -1.95. The van der Waals surface area contributed by atoms with Gasteiger partial charge in [-0.15, -0.1) is 0 Å². The van der Waals surface area contributed by atoms with E-state index < -0.39 is 0 Å². The maximum Gasteiger partial charge on any atom is 0.272 e. The Morgan fingerprint density at radius 1 is 1.09 bits per heavy atom. The molecule has 1 aliphatic heterocycles. The molecule has 1 amide bonds. The van der Waals surface area contributed by atoms with E-state index in [0.717, 1.165) is 36.1 Å². The van der Waals surface area contributed by atoms with Gasteiger partial charge >= 0.3 is 0 Å². The molecule has 2 heterocycles. The summed E-state index contributed by atoms with van der Waals surface area (Å²) < 4.78 is 1.01. The van der Waals surface area contributed by atoms with Gasteiger partial charge < -0.3 is 10.2 Å². The highest BCUT2D eigenvalue weighted by atomic mass is 79.9. The molecule has 2 aromatic rings. The Bertz CT molecular complexity index is 653. The summed E-state index contributed by atoms with van der Waals surface area (Å²) in [7, 11) is 0. The molecule has 0 aliphatic carbocycles. The van der Waals surface area contributed by atoms with Gasteiger partial charge in [0.1, 0.15) is 5.69 Å². The van der Waals surface area contributed by atoms with Crippen LogP contribution in [-0.4, -0.2) is 33.9 Å². The molecule has 6 heteroatoms. The van der Waals surface area contributed by atoms with Crippen LogP contribution in [0.2, 0.25) is 0 Å². The summed E-state index contributed by atoms with van der Waals surface area (Å²) >= 11 is 3.40. The number of amides is 1. The molecule has 1 N–H and O–H groups in total. The molecule has 1 saturated heterocycles. The van der Waals surface area contributed by atoms with Crippen LogP contribution in [0.3, 0.4) is 0 Å². The summed E-state index contributed by atoms with van der Waals surface area (Å²) in [4.78, 5) is 22.8. The quantitative estimate of drug-likeness (QED) is 0.908. The van der Waals surface area contributed by atoms with E-state index in [-0.39, 0.29) is 5.91 Å². The largest absolute Gasteiger partial charge is 0.337 e. The fourth-order valence-electron chi connectivity index (χ4n) is 2.46. The molecule has 0 atom stereocenters. The standard InChI is InChI=1S/C16H17BrN4O/c17-12-4-6-13(7-5-12)19-16-18-9-8-14(20-16)15(22)21-10-2-1-3-11-21/h4-9H,1-3,10-11H2,(H,18,19,20). The summed E-state index contributed by atoms with van der Waals surface area (Å²) in [5.74, 6) is 0.422. The van der Waals surface area contributed by atoms with Crippen LogP contribution in [-0.2, 0) is 0 Å². The molecule has 5 nitrogen and oxygen atoms in total. The van der Waals surface area contributed by atoms with Crippen molar-refractivity contribution >= 4 is 33.5 Å². The molecular formula is C16H17BrN4O. The molecule has 0 saturated carbocycles. The molecule has 1 aromatic heterocycles. The van der Waals surface area contributed by atoms with Crippen LogP contribution in [0.4, 0.5) is 11.6 Å². The molecule has 1 aliphatic rings. The first-order chi connectivity index (χ1) is 10.7. The molecule has 1 fully saturated rings. The number of halogens is 1. The van der Waals surface area contributed by atoms with E-state index >= 15 is 0 Å². The second-order valence-corrected chi connectivity index (χ2v) is 6.17. The van der Waals surface area contributed by atoms with Crippen molar-refractivity contribution in [2.45, 2.75) is 19.3 Å². The van der Waals surface area contributed by atoms with E-state index in [0.29, 0.717) is 11.6 Å². The number of hydrogen-bond donors (Lipinski definition) is 1. The summed E-state index contributed by atoms with van der Waals surface area (Å²) in [6.07, 6.45) is 4.96. The van der Waals surface area contributed by atoms with Crippen LogP contribution < -0.4 is 5.32 Å². The molecule has 0 radical (unpaired) electrons. The van der Waals surface area contributed by atoms with E-state index in [1.165, 1.54) is 6.42 Å². The molecule has 0 bridgehead atoms. The number of benzene rings is 1. The predicted molar refractivity (Wildman–Crippen MR) is 89.2 cm³/mol. The Kier molecular flexibility index (Phi) is 4.68. The number of aromatic nitrogens is 2. The first-order valence-corrected chi connectivity index (χ1v) is 8.16. The first-order valence-electron chi connectivity index (χ1n) is 7.37. The van der Waals surface area contributed by atoms with Gasteiger partial charge in [0.25, 0.3) is 5.91 Å². The number of piperidine rings is 1. The zero-order valence-electron chi connectivity index (χ0n) is 12.1. The molecule has 22 heavy (non-hydrogen) atoms. The molecule has 0 spiro atoms. The van der Waals surface area contributed by atoms with Crippen molar-refractivity contribution in [3.63, 3.8) is 0 Å². The third-order valence-electron chi connectivity index (χ3n) is 3.62. The van der Waals surface area contributed by atoms with Gasteiger partial charge in [0.2, 0.25) is 5.95 Å². The first kappa shape index (κ1) is 15.0. The average molecular weight is 361 g/mol. The highest BCUT2D eigenvalue weighted by Gasteiger charge is 2.19. The smallest absolute Gasteiger partial charge is 0.272 e. The van der Waals surface area contributed by atoms with Crippen LogP contribution in [0, 0.1) is 0 Å². The van der Waals surface area contributed by atoms with Gasteiger partial charge in [-0.2, -0.15) is 0 Å². The monoisotopic (exact) mass is 360 g/mol. The topological polar surface area (TPSA) is 58.1 Å². The SMILES string of the molecule is O=C(c1ccnc(Nc2ccc(Br)cc2)n1)N1CCCCC1. The third kappa shape index (κ3) is 3.62. The number of carbonyl (C=O) groups excluding carboxylic acids is 1. The summed E-state index contributed by atoms with van der Waals surface area (Å²) in [5.41, 5.74) is 1.32. The Labute approximate surface area is 137 Å². The minimum atomic E-state index is -0.0130. The second-order valence-electron chi connectivity index (χ2n) is 5.25. The average Bonchev–Trinajstić information content (AvgIpc) is 2.57. The normalized spacial score (nSPS) is 14.7. The fraction of sp³-hybridized carbons (Fsp3) is 0.312. The van der Waals surface area contributed by atoms with Crippen LogP contribution >= 0.6 is 15.9 Å². The van der Waals surface area contributed by atoms with Gasteiger partial charge in [0, 0.05) is 29.4 Å². The van der Waals surface area contributed by atoms with Crippen LogP contribution in [0.15, 0.2) is 41.0 Å². The van der Waals surface area contributed by atoms with E-state index in [1.807, 2.05) is 29.2 Å². The Morgan fingerprint density at radius 3 is 2.55 bits per heavy atom. The summed E-state index contributed by atoms with van der Waals surface area (Å²) in [5, 5.41) is 3.12. The van der Waals surface area contributed by atoms with Crippen molar-refractivity contribution in [2.24, 2.45) is 0 Å². The number of nitrogens with zero attached hydrogens (tertiary/aromatic N) is 3. The van der Waals surface area contributed by atoms with E-state index in [9.17, 15) is 4.79 Å². The number of carbonyl (C=O) groups is 1. The summed E-state index contributed by atoms with van der Waals surface area (Å²) in [6, 6.07) is 9.39. The van der Waals surface area contributed by atoms with Crippen molar-refractivity contribution in [1.82, 2.24) is 14.9 Å². The zero-order valence-corrected chi connectivity index (χ0v) is 13.7. The van der Waals surface area contributed by atoms with E-state index in [1.54, 1.807) is 12.3 Å². The van der Waals surface area contributed by atoms with E-state index in [2.05, 4.69) is 31.2 Å². The van der Waals surface area contributed by atoms with Gasteiger partial charge in [-0.05, 0) is 49.6 Å². The minimum Gasteiger partial charge on any atom is -0.337 e. The molecule has 0 unspecified atom stereocenters. The fourth-order valence-corrected chi connectivity index (χ4v) is 2.72. The lowest BCUT2D eigenvalue weighted by atomic mass is 10.1. The highest BCUT2D eigenvalue weighted by molar-refractivity contribution is 9.10. The van der Waals surface area contributed by atoms with Gasteiger partial charge in [-0.1, -0.05) is 15.9 Å². The van der Waals surface area contributed by atoms with Crippen molar-refractivity contribution in [2.75, 3.05) is 18.4 Å². The number of likely N-dealkylation sites (tertiary alicyclic amines) is 1. The van der Waals surface area contributed by atoms with Gasteiger partial charge in [-0.25, -0.2) is 9.97 Å². The molecule has 114 valence electrons. The Balaban J connectivity index is 1.74. The van der Waals surface area contributed by atoms with E-state index in [4.69, 9.17) is 0 Å². The highest BCUT2D eigenvalue weighted by Crippen LogP contribution is 2.18. The van der Waals surface area contributed by atoms with Crippen LogP contribution in [0.25, 0.3) is 0 Å². The lowest BCUT2D eigenvalue weighted by Crippen LogP contribution is -2.36. The number of nitrogens with one attached hydrogen (secondary N) is 1. The van der Waals surface area contributed by atoms with Crippen molar-refractivity contribution in [1.29, 1.82) is 0 Å². The van der Waals surface area contributed by atoms with Crippen LogP contribution in [0.5, 0.6) is 0 Å². The summed E-state index contributed by atoms with van der Waals surface area (Å²) in [6.45, 7) is 1.64.